The topological polar surface area (TPSA) is 49.4 Å². The summed E-state index contributed by atoms with van der Waals surface area (Å²) in [5.41, 5.74) is 0. The molecular formula is C8H14N2O2S. The van der Waals surface area contributed by atoms with E-state index in [-0.39, 0.29) is 11.1 Å². The molecule has 0 bridgehead atoms. The molecule has 1 N–H and O–H groups in total. The molecule has 1 saturated heterocycles. The van der Waals surface area contributed by atoms with Crippen LogP contribution in [0.5, 0.6) is 0 Å². The summed E-state index contributed by atoms with van der Waals surface area (Å²) < 4.78 is 0. The summed E-state index contributed by atoms with van der Waals surface area (Å²) in [7, 11) is 0. The third-order valence-corrected chi connectivity index (χ3v) is 2.70. The lowest BCUT2D eigenvalue weighted by Crippen LogP contribution is -2.42. The quantitative estimate of drug-likeness (QED) is 0.681. The summed E-state index contributed by atoms with van der Waals surface area (Å²) in [6, 6.07) is 0. The Balaban J connectivity index is 2.35. The van der Waals surface area contributed by atoms with Gasteiger partial charge >= 0.3 is 0 Å². The first-order valence-electron chi connectivity index (χ1n) is 4.43. The molecule has 5 heteroatoms. The molecule has 13 heavy (non-hydrogen) atoms. The van der Waals surface area contributed by atoms with Crippen LogP contribution >= 0.6 is 11.8 Å². The van der Waals surface area contributed by atoms with Crippen molar-refractivity contribution >= 4 is 22.9 Å². The van der Waals surface area contributed by atoms with Gasteiger partial charge in [0.15, 0.2) is 0 Å². The van der Waals surface area contributed by atoms with Crippen LogP contribution in [0.1, 0.15) is 13.3 Å². The van der Waals surface area contributed by atoms with Gasteiger partial charge in [-0.3, -0.25) is 14.5 Å². The Morgan fingerprint density at radius 1 is 1.54 bits per heavy atom. The first-order valence-corrected chi connectivity index (χ1v) is 5.42. The van der Waals surface area contributed by atoms with Crippen LogP contribution in [0.4, 0.5) is 4.79 Å². The molecule has 0 unspecified atom stereocenters. The Kier molecular flexibility index (Phi) is 4.24. The van der Waals surface area contributed by atoms with E-state index in [1.807, 2.05) is 6.92 Å². The molecule has 1 heterocycles. The van der Waals surface area contributed by atoms with Gasteiger partial charge in [-0.2, -0.15) is 0 Å². The van der Waals surface area contributed by atoms with Crippen molar-refractivity contribution in [3.8, 4) is 0 Å². The molecule has 0 radical (unpaired) electrons. The van der Waals surface area contributed by atoms with Gasteiger partial charge in [-0.05, 0) is 6.54 Å². The van der Waals surface area contributed by atoms with E-state index < -0.39 is 0 Å². The van der Waals surface area contributed by atoms with E-state index in [2.05, 4.69) is 5.32 Å². The Morgan fingerprint density at radius 3 is 2.92 bits per heavy atom. The van der Waals surface area contributed by atoms with Gasteiger partial charge < -0.3 is 5.32 Å². The minimum Gasteiger partial charge on any atom is -0.315 e. The maximum absolute atomic E-state index is 11.3. The number of hydrogen-bond donors (Lipinski definition) is 1. The molecule has 1 rings (SSSR count). The summed E-state index contributed by atoms with van der Waals surface area (Å²) >= 11 is 1.23. The van der Waals surface area contributed by atoms with E-state index in [1.54, 1.807) is 0 Å². The van der Waals surface area contributed by atoms with Gasteiger partial charge in [0.25, 0.3) is 5.24 Å². The Labute approximate surface area is 82.0 Å². The van der Waals surface area contributed by atoms with Crippen LogP contribution in [-0.2, 0) is 4.79 Å². The van der Waals surface area contributed by atoms with Crippen molar-refractivity contribution < 1.29 is 9.59 Å². The number of amides is 2. The predicted octanol–water partition coefficient (Wildman–Crippen LogP) is 0.681. The molecule has 2 amide bonds. The number of likely N-dealkylation sites (N-methyl/N-ethyl adjacent to an activating group) is 1. The van der Waals surface area contributed by atoms with Crippen LogP contribution in [0.3, 0.4) is 0 Å². The minimum atomic E-state index is -0.103. The largest absolute Gasteiger partial charge is 0.315 e. The van der Waals surface area contributed by atoms with Gasteiger partial charge in [-0.1, -0.05) is 18.7 Å². The first-order chi connectivity index (χ1) is 6.25. The predicted molar refractivity (Wildman–Crippen MR) is 52.7 cm³/mol. The third-order valence-electron chi connectivity index (χ3n) is 1.83. The van der Waals surface area contributed by atoms with E-state index in [4.69, 9.17) is 0 Å². The molecule has 1 aliphatic heterocycles. The van der Waals surface area contributed by atoms with E-state index in [0.29, 0.717) is 25.3 Å². The summed E-state index contributed by atoms with van der Waals surface area (Å²) in [5.74, 6) is 0.594. The van der Waals surface area contributed by atoms with Crippen LogP contribution in [0.2, 0.25) is 0 Å². The number of rotatable bonds is 4. The number of nitrogens with zero attached hydrogens (tertiary/aromatic N) is 1. The van der Waals surface area contributed by atoms with Crippen molar-refractivity contribution in [2.45, 2.75) is 13.3 Å². The van der Waals surface area contributed by atoms with E-state index in [0.717, 1.165) is 6.54 Å². The lowest BCUT2D eigenvalue weighted by atomic mass is 10.4. The summed E-state index contributed by atoms with van der Waals surface area (Å²) in [6.07, 6.45) is 0.489. The SMILES string of the molecule is CCNCCN1C(=O)CCSC1=O. The highest BCUT2D eigenvalue weighted by molar-refractivity contribution is 8.13. The highest BCUT2D eigenvalue weighted by Gasteiger charge is 2.25. The maximum Gasteiger partial charge on any atom is 0.288 e. The van der Waals surface area contributed by atoms with Crippen molar-refractivity contribution in [1.29, 1.82) is 0 Å². The molecule has 0 aromatic heterocycles. The van der Waals surface area contributed by atoms with E-state index in [1.165, 1.54) is 16.7 Å². The molecule has 0 spiro atoms. The van der Waals surface area contributed by atoms with Crippen LogP contribution in [0.25, 0.3) is 0 Å². The van der Waals surface area contributed by atoms with E-state index in [9.17, 15) is 9.59 Å². The standard InChI is InChI=1S/C8H14N2O2S/c1-2-9-4-5-10-7(11)3-6-13-8(10)12/h9H,2-6H2,1H3. The normalized spacial score (nSPS) is 18.1. The monoisotopic (exact) mass is 202 g/mol. The van der Waals surface area contributed by atoms with Crippen LogP contribution in [-0.4, -0.2) is 41.4 Å². The Morgan fingerprint density at radius 2 is 2.31 bits per heavy atom. The van der Waals surface area contributed by atoms with Gasteiger partial charge in [0.05, 0.1) is 0 Å². The molecule has 4 nitrogen and oxygen atoms in total. The number of thioether (sulfide) groups is 1. The highest BCUT2D eigenvalue weighted by atomic mass is 32.2. The zero-order chi connectivity index (χ0) is 9.68. The van der Waals surface area contributed by atoms with Crippen LogP contribution in [0.15, 0.2) is 0 Å². The molecule has 1 fully saturated rings. The van der Waals surface area contributed by atoms with Crippen LogP contribution < -0.4 is 5.32 Å². The van der Waals surface area contributed by atoms with Gasteiger partial charge in [0.1, 0.15) is 0 Å². The van der Waals surface area contributed by atoms with Crippen LogP contribution in [0, 0.1) is 0 Å². The maximum atomic E-state index is 11.3. The molecule has 0 saturated carbocycles. The van der Waals surface area contributed by atoms with Crippen molar-refractivity contribution in [2.75, 3.05) is 25.4 Å². The zero-order valence-electron chi connectivity index (χ0n) is 7.71. The summed E-state index contributed by atoms with van der Waals surface area (Å²) in [4.78, 5) is 23.8. The van der Waals surface area contributed by atoms with Gasteiger partial charge in [0.2, 0.25) is 5.91 Å². The number of carbonyl (C=O) groups is 2. The van der Waals surface area contributed by atoms with Crippen molar-refractivity contribution in [3.05, 3.63) is 0 Å². The summed E-state index contributed by atoms with van der Waals surface area (Å²) in [6.45, 7) is 4.05. The second kappa shape index (κ2) is 5.24. The molecule has 0 atom stereocenters. The minimum absolute atomic E-state index is 0.0401. The smallest absolute Gasteiger partial charge is 0.288 e. The second-order valence-corrected chi connectivity index (χ2v) is 3.81. The lowest BCUT2D eigenvalue weighted by molar-refractivity contribution is -0.127. The number of imide groups is 1. The molecule has 74 valence electrons. The second-order valence-electron chi connectivity index (χ2n) is 2.76. The first kappa shape index (κ1) is 10.5. The van der Waals surface area contributed by atoms with Crippen molar-refractivity contribution in [3.63, 3.8) is 0 Å². The fourth-order valence-electron chi connectivity index (χ4n) is 1.12. The molecule has 0 aromatic carbocycles. The summed E-state index contributed by atoms with van der Waals surface area (Å²) in [5, 5.41) is 2.98. The lowest BCUT2D eigenvalue weighted by Gasteiger charge is -2.23. The fraction of sp³-hybridized carbons (Fsp3) is 0.750. The van der Waals surface area contributed by atoms with Gasteiger partial charge in [-0.15, -0.1) is 0 Å². The molecule has 0 aromatic rings. The number of nitrogens with one attached hydrogen (secondary N) is 1. The number of hydrogen-bond acceptors (Lipinski definition) is 4. The fourth-order valence-corrected chi connectivity index (χ4v) is 1.92. The van der Waals surface area contributed by atoms with Gasteiger partial charge in [-0.25, -0.2) is 0 Å². The highest BCUT2D eigenvalue weighted by Crippen LogP contribution is 2.17. The zero-order valence-corrected chi connectivity index (χ0v) is 8.52. The average molecular weight is 202 g/mol. The molecule has 0 aliphatic carbocycles. The third kappa shape index (κ3) is 3.00. The molecular weight excluding hydrogens is 188 g/mol. The van der Waals surface area contributed by atoms with Crippen molar-refractivity contribution in [1.82, 2.24) is 10.2 Å². The Hall–Kier alpha value is -0.550. The Bertz CT molecular complexity index is 192. The van der Waals surface area contributed by atoms with Crippen molar-refractivity contribution in [2.24, 2.45) is 0 Å². The van der Waals surface area contributed by atoms with E-state index >= 15 is 0 Å². The van der Waals surface area contributed by atoms with Gasteiger partial charge in [0, 0.05) is 25.3 Å². The number of carbonyl (C=O) groups excluding carboxylic acids is 2. The average Bonchev–Trinajstić information content (AvgIpc) is 2.10. The molecule has 1 aliphatic rings.